The van der Waals surface area contributed by atoms with Crippen molar-refractivity contribution < 1.29 is 0 Å². The zero-order valence-corrected chi connectivity index (χ0v) is 13.5. The summed E-state index contributed by atoms with van der Waals surface area (Å²) in [6, 6.07) is 5.14. The van der Waals surface area contributed by atoms with Crippen LogP contribution in [0.5, 0.6) is 0 Å². The van der Waals surface area contributed by atoms with Gasteiger partial charge >= 0.3 is 0 Å². The van der Waals surface area contributed by atoms with Gasteiger partial charge in [-0.3, -0.25) is 0 Å². The normalized spacial score (nSPS) is 28.2. The van der Waals surface area contributed by atoms with Gasteiger partial charge in [0.15, 0.2) is 0 Å². The van der Waals surface area contributed by atoms with Gasteiger partial charge in [0.2, 0.25) is 0 Å². The Morgan fingerprint density at radius 1 is 1.11 bits per heavy atom. The van der Waals surface area contributed by atoms with Crippen LogP contribution in [0.4, 0.5) is 5.69 Å². The molecule has 1 saturated carbocycles. The average Bonchev–Trinajstić information content (AvgIpc) is 2.29. The van der Waals surface area contributed by atoms with Crippen molar-refractivity contribution in [2.24, 2.45) is 11.8 Å². The van der Waals surface area contributed by atoms with Crippen molar-refractivity contribution >= 4 is 21.6 Å². The number of hydrogen-bond acceptors (Lipinski definition) is 1. The highest BCUT2D eigenvalue weighted by molar-refractivity contribution is 9.10. The van der Waals surface area contributed by atoms with Gasteiger partial charge in [-0.2, -0.15) is 0 Å². The fraction of sp³-hybridized carbons (Fsp3) is 0.625. The van der Waals surface area contributed by atoms with E-state index in [4.69, 9.17) is 0 Å². The minimum Gasteiger partial charge on any atom is -0.382 e. The van der Waals surface area contributed by atoms with E-state index in [2.05, 4.69) is 61.1 Å². The molecule has 0 bridgehead atoms. The molecule has 18 heavy (non-hydrogen) atoms. The largest absolute Gasteiger partial charge is 0.382 e. The summed E-state index contributed by atoms with van der Waals surface area (Å²) >= 11 is 3.63. The molecule has 0 spiro atoms. The molecule has 1 aromatic carbocycles. The minimum atomic E-state index is 0.640. The third kappa shape index (κ3) is 3.09. The second-order valence-corrected chi connectivity index (χ2v) is 6.86. The molecule has 1 fully saturated rings. The molecule has 1 aromatic rings. The Labute approximate surface area is 119 Å². The van der Waals surface area contributed by atoms with Crippen LogP contribution in [0.1, 0.15) is 44.2 Å². The van der Waals surface area contributed by atoms with Crippen molar-refractivity contribution in [3.63, 3.8) is 0 Å². The number of aryl methyl sites for hydroxylation is 2. The first-order chi connectivity index (χ1) is 8.47. The van der Waals surface area contributed by atoms with E-state index in [9.17, 15) is 0 Å². The maximum atomic E-state index is 3.74. The van der Waals surface area contributed by atoms with E-state index >= 15 is 0 Å². The lowest BCUT2D eigenvalue weighted by molar-refractivity contribution is 0.276. The van der Waals surface area contributed by atoms with Gasteiger partial charge in [-0.1, -0.05) is 29.8 Å². The zero-order chi connectivity index (χ0) is 13.3. The number of anilines is 1. The maximum absolute atomic E-state index is 3.74. The van der Waals surface area contributed by atoms with Crippen molar-refractivity contribution in [1.29, 1.82) is 0 Å². The van der Waals surface area contributed by atoms with E-state index in [1.807, 2.05) is 0 Å². The highest BCUT2D eigenvalue weighted by Gasteiger charge is 2.25. The Morgan fingerprint density at radius 3 is 2.28 bits per heavy atom. The summed E-state index contributed by atoms with van der Waals surface area (Å²) in [5.41, 5.74) is 3.91. The number of benzene rings is 1. The maximum Gasteiger partial charge on any atom is 0.0348 e. The second kappa shape index (κ2) is 5.64. The molecular weight excluding hydrogens is 286 g/mol. The van der Waals surface area contributed by atoms with Gasteiger partial charge < -0.3 is 5.32 Å². The van der Waals surface area contributed by atoms with Crippen LogP contribution in [0.3, 0.4) is 0 Å². The van der Waals surface area contributed by atoms with E-state index in [-0.39, 0.29) is 0 Å². The average molecular weight is 310 g/mol. The summed E-state index contributed by atoms with van der Waals surface area (Å²) in [5, 5.41) is 3.74. The molecule has 1 nitrogen and oxygen atoms in total. The molecule has 0 aromatic heterocycles. The van der Waals surface area contributed by atoms with Gasteiger partial charge in [0.25, 0.3) is 0 Å². The molecular formula is C16H24BrN. The predicted molar refractivity (Wildman–Crippen MR) is 83.2 cm³/mol. The molecule has 3 atom stereocenters. The van der Waals surface area contributed by atoms with Crippen LogP contribution in [0.15, 0.2) is 16.6 Å². The van der Waals surface area contributed by atoms with E-state index in [0.717, 1.165) is 11.8 Å². The molecule has 2 rings (SSSR count). The van der Waals surface area contributed by atoms with Crippen molar-refractivity contribution in [3.8, 4) is 0 Å². The molecule has 0 radical (unpaired) electrons. The lowest BCUT2D eigenvalue weighted by atomic mass is 9.80. The van der Waals surface area contributed by atoms with Crippen LogP contribution in [0.25, 0.3) is 0 Å². The third-order valence-corrected chi connectivity index (χ3v) is 5.47. The third-order valence-electron chi connectivity index (χ3n) is 4.22. The van der Waals surface area contributed by atoms with Gasteiger partial charge in [0, 0.05) is 16.2 Å². The van der Waals surface area contributed by atoms with Gasteiger partial charge in [-0.25, -0.2) is 0 Å². The van der Waals surface area contributed by atoms with E-state index in [0.29, 0.717) is 6.04 Å². The summed E-state index contributed by atoms with van der Waals surface area (Å²) in [6.45, 7) is 9.08. The van der Waals surface area contributed by atoms with Crippen molar-refractivity contribution in [2.75, 3.05) is 5.32 Å². The summed E-state index contributed by atoms with van der Waals surface area (Å²) in [5.74, 6) is 1.67. The summed E-state index contributed by atoms with van der Waals surface area (Å²) in [7, 11) is 0. The smallest absolute Gasteiger partial charge is 0.0348 e. The van der Waals surface area contributed by atoms with Crippen molar-refractivity contribution in [2.45, 2.75) is 53.0 Å². The van der Waals surface area contributed by atoms with Crippen LogP contribution in [0, 0.1) is 25.7 Å². The Kier molecular flexibility index (Phi) is 4.37. The van der Waals surface area contributed by atoms with Gasteiger partial charge in [-0.05, 0) is 68.2 Å². The molecule has 2 heteroatoms. The molecule has 0 saturated heterocycles. The molecule has 0 amide bonds. The predicted octanol–water partition coefficient (Wildman–Crippen LogP) is 5.30. The van der Waals surface area contributed by atoms with Crippen LogP contribution in [0.2, 0.25) is 0 Å². The monoisotopic (exact) mass is 309 g/mol. The molecule has 0 heterocycles. The molecule has 1 aliphatic rings. The Balaban J connectivity index is 2.10. The number of halogens is 1. The summed E-state index contributed by atoms with van der Waals surface area (Å²) in [6.07, 6.45) is 4.01. The summed E-state index contributed by atoms with van der Waals surface area (Å²) in [4.78, 5) is 0. The van der Waals surface area contributed by atoms with Crippen LogP contribution in [-0.2, 0) is 0 Å². The first kappa shape index (κ1) is 13.9. The van der Waals surface area contributed by atoms with Crippen LogP contribution < -0.4 is 5.32 Å². The Morgan fingerprint density at radius 2 is 1.72 bits per heavy atom. The highest BCUT2D eigenvalue weighted by atomic mass is 79.9. The quantitative estimate of drug-likeness (QED) is 0.781. The minimum absolute atomic E-state index is 0.640. The van der Waals surface area contributed by atoms with Gasteiger partial charge in [0.1, 0.15) is 0 Å². The summed E-state index contributed by atoms with van der Waals surface area (Å²) < 4.78 is 1.23. The van der Waals surface area contributed by atoms with Crippen LogP contribution >= 0.6 is 15.9 Å². The zero-order valence-electron chi connectivity index (χ0n) is 11.9. The standard InChI is InChI=1S/C16H24BrN/c1-10-5-6-15(11(2)7-10)18-14-8-12(3)16(17)13(4)9-14/h8-11,15,18H,5-7H2,1-4H3. The molecule has 0 aliphatic heterocycles. The topological polar surface area (TPSA) is 12.0 Å². The van der Waals surface area contributed by atoms with E-state index in [1.54, 1.807) is 0 Å². The van der Waals surface area contributed by atoms with Crippen molar-refractivity contribution in [3.05, 3.63) is 27.7 Å². The Hall–Kier alpha value is -0.500. The first-order valence-electron chi connectivity index (χ1n) is 7.00. The molecule has 1 N–H and O–H groups in total. The van der Waals surface area contributed by atoms with Gasteiger partial charge in [-0.15, -0.1) is 0 Å². The van der Waals surface area contributed by atoms with Crippen LogP contribution in [-0.4, -0.2) is 6.04 Å². The number of rotatable bonds is 2. The molecule has 3 unspecified atom stereocenters. The van der Waals surface area contributed by atoms with E-state index in [1.165, 1.54) is 40.5 Å². The first-order valence-corrected chi connectivity index (χ1v) is 7.80. The molecule has 1 aliphatic carbocycles. The fourth-order valence-electron chi connectivity index (χ4n) is 3.12. The fourth-order valence-corrected chi connectivity index (χ4v) is 3.35. The van der Waals surface area contributed by atoms with Crippen molar-refractivity contribution in [1.82, 2.24) is 0 Å². The molecule has 100 valence electrons. The van der Waals surface area contributed by atoms with E-state index < -0.39 is 0 Å². The van der Waals surface area contributed by atoms with Gasteiger partial charge in [0.05, 0.1) is 0 Å². The highest BCUT2D eigenvalue weighted by Crippen LogP contribution is 2.32. The number of nitrogens with one attached hydrogen (secondary N) is 1. The SMILES string of the molecule is Cc1cc(NC2CCC(C)CC2C)cc(C)c1Br. The lowest BCUT2D eigenvalue weighted by Gasteiger charge is -2.34. The second-order valence-electron chi connectivity index (χ2n) is 6.07. The lowest BCUT2D eigenvalue weighted by Crippen LogP contribution is -2.33. The Bertz CT molecular complexity index is 404. The number of hydrogen-bond donors (Lipinski definition) is 1.